The number of hydrogen-bond acceptors (Lipinski definition) is 10. The number of nitrogens with one attached hydrogen (secondary N) is 1. The van der Waals surface area contributed by atoms with Gasteiger partial charge in [0.25, 0.3) is 0 Å². The molecule has 3 aromatic heterocycles. The van der Waals surface area contributed by atoms with E-state index in [1.807, 2.05) is 24.5 Å². The van der Waals surface area contributed by atoms with Crippen LogP contribution in [-0.2, 0) is 4.74 Å². The van der Waals surface area contributed by atoms with Crippen LogP contribution in [0.1, 0.15) is 19.8 Å². The fraction of sp³-hybridized carbons (Fsp3) is 0.478. The van der Waals surface area contributed by atoms with Gasteiger partial charge in [-0.2, -0.15) is 4.98 Å². The maximum absolute atomic E-state index is 5.90. The molecule has 0 unspecified atom stereocenters. The van der Waals surface area contributed by atoms with Crippen molar-refractivity contribution in [2.24, 2.45) is 0 Å². The lowest BCUT2D eigenvalue weighted by Gasteiger charge is -2.35. The average molecular weight is 468 g/mol. The summed E-state index contributed by atoms with van der Waals surface area (Å²) in [5.74, 6) is 0.774. The molecule has 0 aromatic carbocycles. The topological polar surface area (TPSA) is 88.5 Å². The molecule has 33 heavy (non-hydrogen) atoms. The summed E-state index contributed by atoms with van der Waals surface area (Å²) >= 11 is 1.52. The molecule has 2 fully saturated rings. The molecule has 5 heterocycles. The summed E-state index contributed by atoms with van der Waals surface area (Å²) in [6, 6.07) is 6.37. The molecule has 1 N–H and O–H groups in total. The van der Waals surface area contributed by atoms with E-state index < -0.39 is 0 Å². The van der Waals surface area contributed by atoms with E-state index >= 15 is 0 Å². The zero-order valence-electron chi connectivity index (χ0n) is 18.8. The fourth-order valence-corrected chi connectivity index (χ4v) is 4.81. The third-order valence-corrected chi connectivity index (χ3v) is 6.89. The molecule has 9 nitrogen and oxygen atoms in total. The number of nitrogens with zero attached hydrogens (tertiary/aromatic N) is 6. The summed E-state index contributed by atoms with van der Waals surface area (Å²) in [7, 11) is 0. The standard InChI is InChI=1S/C23H29N7O2S/c1-2-29-9-11-30(12-10-29)17-5-6-21(25-14-17)28-23-26-15-20(33-23)19-7-8-24-22(27-19)32-18-4-3-13-31-16-18/h5-8,14-15,18H,2-4,9-13,16H2,1H3,(H,25,26,28)/t18-/m0/s1. The molecule has 2 aliphatic rings. The normalized spacial score (nSPS) is 19.4. The molecular formula is C23H29N7O2S. The smallest absolute Gasteiger partial charge is 0.317 e. The number of hydrogen-bond donors (Lipinski definition) is 1. The molecule has 0 aliphatic carbocycles. The van der Waals surface area contributed by atoms with E-state index in [2.05, 4.69) is 48.0 Å². The van der Waals surface area contributed by atoms with Gasteiger partial charge in [0.15, 0.2) is 5.13 Å². The number of thiazole rings is 1. The van der Waals surface area contributed by atoms with Crippen molar-refractivity contribution in [3.63, 3.8) is 0 Å². The van der Waals surface area contributed by atoms with Crippen molar-refractivity contribution >= 4 is 28.0 Å². The van der Waals surface area contributed by atoms with E-state index in [0.29, 0.717) is 12.6 Å². The van der Waals surface area contributed by atoms with E-state index in [0.717, 1.165) is 79.4 Å². The first-order chi connectivity index (χ1) is 16.3. The van der Waals surface area contributed by atoms with Gasteiger partial charge in [-0.25, -0.2) is 15.0 Å². The van der Waals surface area contributed by atoms with Gasteiger partial charge >= 0.3 is 6.01 Å². The van der Waals surface area contributed by atoms with Crippen LogP contribution in [0.5, 0.6) is 6.01 Å². The van der Waals surface area contributed by atoms with Gasteiger partial charge < -0.3 is 24.6 Å². The highest BCUT2D eigenvalue weighted by atomic mass is 32.1. The maximum Gasteiger partial charge on any atom is 0.317 e. The molecule has 1 atom stereocenters. The van der Waals surface area contributed by atoms with Crippen LogP contribution in [0.15, 0.2) is 36.8 Å². The van der Waals surface area contributed by atoms with Crippen LogP contribution < -0.4 is 15.0 Å². The largest absolute Gasteiger partial charge is 0.458 e. The van der Waals surface area contributed by atoms with Crippen LogP contribution in [0.25, 0.3) is 10.6 Å². The third kappa shape index (κ3) is 5.58. The number of aromatic nitrogens is 4. The molecule has 5 rings (SSSR count). The van der Waals surface area contributed by atoms with Gasteiger partial charge in [-0.3, -0.25) is 0 Å². The number of pyridine rings is 1. The predicted molar refractivity (Wildman–Crippen MR) is 129 cm³/mol. The second-order valence-electron chi connectivity index (χ2n) is 8.16. The van der Waals surface area contributed by atoms with Crippen LogP contribution in [-0.4, -0.2) is 76.9 Å². The van der Waals surface area contributed by atoms with Gasteiger partial charge in [0.2, 0.25) is 0 Å². The zero-order valence-corrected chi connectivity index (χ0v) is 19.6. The summed E-state index contributed by atoms with van der Waals surface area (Å²) in [6.07, 6.45) is 7.43. The number of likely N-dealkylation sites (N-methyl/N-ethyl adjacent to an activating group) is 1. The van der Waals surface area contributed by atoms with E-state index in [4.69, 9.17) is 9.47 Å². The maximum atomic E-state index is 5.90. The summed E-state index contributed by atoms with van der Waals surface area (Å²) < 4.78 is 11.4. The SMILES string of the molecule is CCN1CCN(c2ccc(Nc3ncc(-c4ccnc(O[C@H]5CCCOC5)n4)s3)nc2)CC1. The highest BCUT2D eigenvalue weighted by Gasteiger charge is 2.18. The minimum atomic E-state index is 0.0113. The van der Waals surface area contributed by atoms with Gasteiger partial charge in [0.1, 0.15) is 11.9 Å². The van der Waals surface area contributed by atoms with E-state index in [9.17, 15) is 0 Å². The molecular weight excluding hydrogens is 438 g/mol. The van der Waals surface area contributed by atoms with Gasteiger partial charge in [-0.05, 0) is 37.6 Å². The van der Waals surface area contributed by atoms with Crippen molar-refractivity contribution in [3.05, 3.63) is 36.8 Å². The van der Waals surface area contributed by atoms with Crippen LogP contribution in [0, 0.1) is 0 Å². The lowest BCUT2D eigenvalue weighted by Crippen LogP contribution is -2.46. The van der Waals surface area contributed by atoms with Gasteiger partial charge in [0, 0.05) is 45.2 Å². The highest BCUT2D eigenvalue weighted by Crippen LogP contribution is 2.30. The molecule has 174 valence electrons. The molecule has 0 saturated carbocycles. The van der Waals surface area contributed by atoms with Crippen LogP contribution in [0.2, 0.25) is 0 Å². The van der Waals surface area contributed by atoms with Crippen molar-refractivity contribution in [1.29, 1.82) is 0 Å². The van der Waals surface area contributed by atoms with Gasteiger partial charge in [-0.15, -0.1) is 0 Å². The van der Waals surface area contributed by atoms with E-state index in [-0.39, 0.29) is 6.10 Å². The van der Waals surface area contributed by atoms with Crippen molar-refractivity contribution in [2.45, 2.75) is 25.9 Å². The first-order valence-electron chi connectivity index (χ1n) is 11.5. The Labute approximate surface area is 197 Å². The Morgan fingerprint density at radius 3 is 2.79 bits per heavy atom. The molecule has 3 aromatic rings. The van der Waals surface area contributed by atoms with Crippen LogP contribution >= 0.6 is 11.3 Å². The first-order valence-corrected chi connectivity index (χ1v) is 12.3. The number of anilines is 3. The summed E-state index contributed by atoms with van der Waals surface area (Å²) in [4.78, 5) is 23.7. The zero-order chi connectivity index (χ0) is 22.5. The minimum Gasteiger partial charge on any atom is -0.458 e. The quantitative estimate of drug-likeness (QED) is 0.561. The Hall–Kier alpha value is -2.82. The van der Waals surface area contributed by atoms with Gasteiger partial charge in [0.05, 0.1) is 29.1 Å². The molecule has 0 radical (unpaired) electrons. The lowest BCUT2D eigenvalue weighted by atomic mass is 10.2. The van der Waals surface area contributed by atoms with Gasteiger partial charge in [-0.1, -0.05) is 18.3 Å². The van der Waals surface area contributed by atoms with Crippen molar-refractivity contribution in [1.82, 2.24) is 24.8 Å². The Balaban J connectivity index is 1.20. The van der Waals surface area contributed by atoms with Crippen LogP contribution in [0.4, 0.5) is 16.6 Å². The Morgan fingerprint density at radius 2 is 2.03 bits per heavy atom. The summed E-state index contributed by atoms with van der Waals surface area (Å²) in [5.41, 5.74) is 1.95. The monoisotopic (exact) mass is 467 g/mol. The Morgan fingerprint density at radius 1 is 1.12 bits per heavy atom. The predicted octanol–water partition coefficient (Wildman–Crippen LogP) is 3.44. The molecule has 2 aliphatic heterocycles. The number of ether oxygens (including phenoxy) is 2. The first kappa shape index (κ1) is 22.0. The summed E-state index contributed by atoms with van der Waals surface area (Å²) in [6.45, 7) is 8.99. The second-order valence-corrected chi connectivity index (χ2v) is 9.19. The Kier molecular flexibility index (Phi) is 6.94. The molecule has 10 heteroatoms. The third-order valence-electron chi connectivity index (χ3n) is 5.95. The molecule has 0 amide bonds. The highest BCUT2D eigenvalue weighted by molar-refractivity contribution is 7.18. The number of rotatable bonds is 7. The minimum absolute atomic E-state index is 0.0113. The number of piperazine rings is 1. The summed E-state index contributed by atoms with van der Waals surface area (Å²) in [5, 5.41) is 4.07. The van der Waals surface area contributed by atoms with Crippen LogP contribution in [0.3, 0.4) is 0 Å². The molecule has 0 spiro atoms. The van der Waals surface area contributed by atoms with Crippen molar-refractivity contribution in [3.8, 4) is 16.6 Å². The fourth-order valence-electron chi connectivity index (χ4n) is 4.02. The second kappa shape index (κ2) is 10.4. The molecule has 2 saturated heterocycles. The van der Waals surface area contributed by atoms with Crippen molar-refractivity contribution < 1.29 is 9.47 Å². The Bertz CT molecular complexity index is 1030. The van der Waals surface area contributed by atoms with E-state index in [1.165, 1.54) is 11.3 Å². The van der Waals surface area contributed by atoms with Crippen molar-refractivity contribution in [2.75, 3.05) is 56.2 Å². The van der Waals surface area contributed by atoms with E-state index in [1.54, 1.807) is 6.20 Å². The lowest BCUT2D eigenvalue weighted by molar-refractivity contribution is 0.00342. The molecule has 0 bridgehead atoms. The average Bonchev–Trinajstić information content (AvgIpc) is 3.34.